The van der Waals surface area contributed by atoms with E-state index < -0.39 is 5.97 Å². The van der Waals surface area contributed by atoms with Crippen molar-refractivity contribution >= 4 is 5.97 Å². The number of aliphatic carboxylic acids is 1. The number of carboxylic acid groups (broad SMARTS) is 1. The molecule has 7 unspecified atom stereocenters. The van der Waals surface area contributed by atoms with Gasteiger partial charge >= 0.3 is 5.97 Å². The molecule has 6 heteroatoms. The zero-order valence-electron chi connectivity index (χ0n) is 28.7. The first-order valence-electron chi connectivity index (χ1n) is 18.6. The van der Waals surface area contributed by atoms with Gasteiger partial charge in [0, 0.05) is 12.5 Å². The van der Waals surface area contributed by atoms with E-state index in [1.54, 1.807) is 5.57 Å². The number of nitrogens with one attached hydrogen (secondary N) is 3. The van der Waals surface area contributed by atoms with E-state index in [-0.39, 0.29) is 0 Å². The highest BCUT2D eigenvalue weighted by molar-refractivity contribution is 5.66. The van der Waals surface area contributed by atoms with Crippen molar-refractivity contribution in [1.82, 2.24) is 16.0 Å². The second kappa shape index (κ2) is 18.9. The number of unbranched alkanes of at least 4 members (excludes halogenated alkanes) is 3. The third-order valence-corrected chi connectivity index (χ3v) is 12.2. The van der Waals surface area contributed by atoms with Gasteiger partial charge in [-0.25, -0.2) is 0 Å². The van der Waals surface area contributed by atoms with E-state index in [2.05, 4.69) is 35.9 Å². The second-order valence-corrected chi connectivity index (χ2v) is 14.7. The first kappa shape index (κ1) is 36.5. The van der Waals surface area contributed by atoms with E-state index in [1.807, 2.05) is 13.8 Å². The maximum absolute atomic E-state index is 10.9. The number of hydrogen-bond acceptors (Lipinski definition) is 5. The molecule has 43 heavy (non-hydrogen) atoms. The van der Waals surface area contributed by atoms with Gasteiger partial charge in [0.25, 0.3) is 0 Å². The number of rotatable bonds is 19. The van der Waals surface area contributed by atoms with Crippen molar-refractivity contribution in [2.24, 2.45) is 40.2 Å². The summed E-state index contributed by atoms with van der Waals surface area (Å²) in [6.45, 7) is 15.6. The van der Waals surface area contributed by atoms with Crippen LogP contribution in [0, 0.1) is 34.5 Å². The molecule has 0 aromatic rings. The molecule has 4 rings (SSSR count). The van der Waals surface area contributed by atoms with E-state index in [9.17, 15) is 4.79 Å². The third kappa shape index (κ3) is 10.0. The van der Waals surface area contributed by atoms with E-state index in [0.717, 1.165) is 82.2 Å². The Kier molecular flexibility index (Phi) is 16.0. The summed E-state index contributed by atoms with van der Waals surface area (Å²) in [5.74, 6) is 2.88. The highest BCUT2D eigenvalue weighted by Crippen LogP contribution is 2.66. The van der Waals surface area contributed by atoms with Crippen LogP contribution in [0.25, 0.3) is 0 Å². The first-order chi connectivity index (χ1) is 20.9. The fraction of sp³-hybridized carbons (Fsp3) is 0.919. The molecule has 250 valence electrons. The normalized spacial score (nSPS) is 33.0. The average molecular weight is 603 g/mol. The molecule has 0 aromatic heterocycles. The Bertz CT molecular complexity index is 833. The second-order valence-electron chi connectivity index (χ2n) is 14.7. The van der Waals surface area contributed by atoms with Crippen LogP contribution in [-0.4, -0.2) is 56.4 Å². The van der Waals surface area contributed by atoms with Crippen LogP contribution in [-0.2, 0) is 4.79 Å². The molecule has 6 N–H and O–H groups in total. The van der Waals surface area contributed by atoms with E-state index >= 15 is 0 Å². The molecule has 7 atom stereocenters. The number of hydrogen-bond donors (Lipinski definition) is 5. The Balaban J connectivity index is 0.00000248. The van der Waals surface area contributed by atoms with Gasteiger partial charge < -0.3 is 26.8 Å². The highest BCUT2D eigenvalue weighted by Gasteiger charge is 2.58. The molecule has 0 amide bonds. The van der Waals surface area contributed by atoms with Crippen molar-refractivity contribution in [3.8, 4) is 0 Å². The Labute approximate surface area is 265 Å². The topological polar surface area (TPSA) is 99.4 Å². The van der Waals surface area contributed by atoms with Gasteiger partial charge in [-0.05, 0) is 164 Å². The standard InChI is InChI=1S/C35H64N4O2.C2H6/c1-34-19-17-32-30(31(34)15-13-27(34)10-4-3-5-11-33(40)41)14-12-28-26-29(16-18-35(28,32)2)39-25-9-24-38-22-7-6-21-37-23-8-20-36;1-2/h12,27,29-32,37-39H,3-11,13-26,36H2,1-2H3,(H,40,41);1-2H3. The molecule has 0 aromatic carbocycles. The molecule has 0 spiro atoms. The van der Waals surface area contributed by atoms with Gasteiger partial charge in [-0.2, -0.15) is 0 Å². The van der Waals surface area contributed by atoms with E-state index in [4.69, 9.17) is 10.8 Å². The summed E-state index contributed by atoms with van der Waals surface area (Å²) in [5.41, 5.74) is 8.27. The summed E-state index contributed by atoms with van der Waals surface area (Å²) in [5, 5.41) is 20.0. The van der Waals surface area contributed by atoms with Crippen molar-refractivity contribution < 1.29 is 9.90 Å². The number of nitrogens with two attached hydrogens (primary N) is 1. The Hall–Kier alpha value is -0.950. The number of allylic oxidation sites excluding steroid dienone is 1. The minimum absolute atomic E-state index is 0.337. The van der Waals surface area contributed by atoms with E-state index in [1.165, 1.54) is 83.5 Å². The summed E-state index contributed by atoms with van der Waals surface area (Å²) in [6, 6.07) is 0.663. The molecule has 3 saturated carbocycles. The summed E-state index contributed by atoms with van der Waals surface area (Å²) in [7, 11) is 0. The van der Waals surface area contributed by atoms with Crippen LogP contribution in [0.1, 0.15) is 137 Å². The van der Waals surface area contributed by atoms with Crippen LogP contribution in [0.4, 0.5) is 0 Å². The predicted molar refractivity (Wildman–Crippen MR) is 182 cm³/mol. The lowest BCUT2D eigenvalue weighted by Gasteiger charge is -2.58. The van der Waals surface area contributed by atoms with Gasteiger partial charge in [0.05, 0.1) is 0 Å². The fourth-order valence-corrected chi connectivity index (χ4v) is 9.76. The van der Waals surface area contributed by atoms with Crippen molar-refractivity contribution in [3.05, 3.63) is 11.6 Å². The molecular weight excluding hydrogens is 532 g/mol. The SMILES string of the molecule is CC.CC12CCC(NCCCNCCCCNCCCN)CC1=CCC1C2CCC2(C)C(CCCCCC(=O)O)CCC12. The predicted octanol–water partition coefficient (Wildman–Crippen LogP) is 7.28. The van der Waals surface area contributed by atoms with Crippen LogP contribution < -0.4 is 21.7 Å². The van der Waals surface area contributed by atoms with Crippen LogP contribution >= 0.6 is 0 Å². The number of carbonyl (C=O) groups is 1. The van der Waals surface area contributed by atoms with Crippen molar-refractivity contribution in [2.45, 2.75) is 143 Å². The lowest BCUT2D eigenvalue weighted by atomic mass is 9.47. The Morgan fingerprint density at radius 3 is 2.30 bits per heavy atom. The minimum atomic E-state index is -0.642. The summed E-state index contributed by atoms with van der Waals surface area (Å²) < 4.78 is 0. The Morgan fingerprint density at radius 1 is 0.860 bits per heavy atom. The molecule has 0 heterocycles. The van der Waals surface area contributed by atoms with Crippen molar-refractivity contribution in [2.75, 3.05) is 39.3 Å². The van der Waals surface area contributed by atoms with Crippen LogP contribution in [0.5, 0.6) is 0 Å². The smallest absolute Gasteiger partial charge is 0.303 e. The van der Waals surface area contributed by atoms with Crippen LogP contribution in [0.3, 0.4) is 0 Å². The van der Waals surface area contributed by atoms with Gasteiger partial charge in [0.1, 0.15) is 0 Å². The van der Waals surface area contributed by atoms with E-state index in [0.29, 0.717) is 23.3 Å². The quantitative estimate of drug-likeness (QED) is 0.0787. The van der Waals surface area contributed by atoms with Gasteiger partial charge in [-0.15, -0.1) is 0 Å². The Morgan fingerprint density at radius 2 is 1.58 bits per heavy atom. The average Bonchev–Trinajstić information content (AvgIpc) is 3.34. The molecule has 3 fully saturated rings. The largest absolute Gasteiger partial charge is 0.481 e. The molecule has 0 saturated heterocycles. The van der Waals surface area contributed by atoms with Crippen LogP contribution in [0.2, 0.25) is 0 Å². The highest BCUT2D eigenvalue weighted by atomic mass is 16.4. The third-order valence-electron chi connectivity index (χ3n) is 12.2. The lowest BCUT2D eigenvalue weighted by molar-refractivity contribution is -0.137. The molecule has 0 aliphatic heterocycles. The molecular formula is C37H70N4O2. The zero-order chi connectivity index (χ0) is 31.1. The number of carboxylic acids is 1. The summed E-state index contributed by atoms with van der Waals surface area (Å²) in [6.07, 6.45) is 23.3. The van der Waals surface area contributed by atoms with Gasteiger partial charge in [0.2, 0.25) is 0 Å². The molecule has 0 bridgehead atoms. The molecule has 4 aliphatic carbocycles. The van der Waals surface area contributed by atoms with Crippen LogP contribution in [0.15, 0.2) is 11.6 Å². The fourth-order valence-electron chi connectivity index (χ4n) is 9.76. The molecule has 0 radical (unpaired) electrons. The van der Waals surface area contributed by atoms with Gasteiger partial charge in [-0.3, -0.25) is 4.79 Å². The first-order valence-corrected chi connectivity index (χ1v) is 18.6. The zero-order valence-corrected chi connectivity index (χ0v) is 28.7. The molecule has 4 aliphatic rings. The molecule has 6 nitrogen and oxygen atoms in total. The minimum Gasteiger partial charge on any atom is -0.481 e. The summed E-state index contributed by atoms with van der Waals surface area (Å²) in [4.78, 5) is 10.9. The lowest BCUT2D eigenvalue weighted by Crippen LogP contribution is -2.51. The van der Waals surface area contributed by atoms with Gasteiger partial charge in [0.15, 0.2) is 0 Å². The van der Waals surface area contributed by atoms with Crippen molar-refractivity contribution in [1.29, 1.82) is 0 Å². The van der Waals surface area contributed by atoms with Crippen molar-refractivity contribution in [3.63, 3.8) is 0 Å². The monoisotopic (exact) mass is 603 g/mol. The maximum atomic E-state index is 10.9. The number of fused-ring (bicyclic) bond motifs is 5. The van der Waals surface area contributed by atoms with Gasteiger partial charge in [-0.1, -0.05) is 52.2 Å². The maximum Gasteiger partial charge on any atom is 0.303 e. The summed E-state index contributed by atoms with van der Waals surface area (Å²) >= 11 is 0.